The van der Waals surface area contributed by atoms with Gasteiger partial charge in [0.2, 0.25) is 0 Å². The molecule has 0 saturated heterocycles. The van der Waals surface area contributed by atoms with Gasteiger partial charge in [0.25, 0.3) is 0 Å². The maximum atomic E-state index is 11.5. The molecule has 5 heteroatoms. The third kappa shape index (κ3) is 9.27. The molecule has 0 saturated carbocycles. The minimum absolute atomic E-state index is 0.412. The van der Waals surface area contributed by atoms with Gasteiger partial charge in [0.15, 0.2) is 0 Å². The summed E-state index contributed by atoms with van der Waals surface area (Å²) in [5.41, 5.74) is 3.36. The number of hydrogen-bond donors (Lipinski definition) is 2. The number of ether oxygens (including phenoxy) is 2. The van der Waals surface area contributed by atoms with Gasteiger partial charge in [0.1, 0.15) is 5.60 Å². The third-order valence-electron chi connectivity index (χ3n) is 3.49. The molecule has 25 heavy (non-hydrogen) atoms. The smallest absolute Gasteiger partial charge is 0.407 e. The number of nitrogens with one attached hydrogen (secondary N) is 2. The van der Waals surface area contributed by atoms with Gasteiger partial charge in [-0.15, -0.1) is 0 Å². The third-order valence-corrected chi connectivity index (χ3v) is 3.49. The summed E-state index contributed by atoms with van der Waals surface area (Å²) in [5, 5.41) is 6.06. The van der Waals surface area contributed by atoms with Crippen molar-refractivity contribution < 1.29 is 14.3 Å². The molecule has 1 aromatic carbocycles. The van der Waals surface area contributed by atoms with E-state index in [-0.39, 0.29) is 0 Å². The molecule has 0 atom stereocenters. The van der Waals surface area contributed by atoms with Crippen LogP contribution in [0.3, 0.4) is 0 Å². The first kappa shape index (κ1) is 21.2. The second kappa shape index (κ2) is 10.9. The number of hydrogen-bond acceptors (Lipinski definition) is 4. The first-order valence-electron chi connectivity index (χ1n) is 8.80. The van der Waals surface area contributed by atoms with Crippen molar-refractivity contribution in [3.63, 3.8) is 0 Å². The van der Waals surface area contributed by atoms with Gasteiger partial charge in [-0.25, -0.2) is 4.79 Å². The Labute approximate surface area is 151 Å². The molecule has 1 amide bonds. The Morgan fingerprint density at radius 3 is 2.48 bits per heavy atom. The van der Waals surface area contributed by atoms with Crippen molar-refractivity contribution >= 4 is 11.7 Å². The number of alkyl carbamates (subject to hydrolysis) is 1. The maximum Gasteiger partial charge on any atom is 0.407 e. The zero-order valence-electron chi connectivity index (χ0n) is 16.1. The Morgan fingerprint density at radius 1 is 1.16 bits per heavy atom. The van der Waals surface area contributed by atoms with Gasteiger partial charge >= 0.3 is 6.09 Å². The molecule has 0 bridgehead atoms. The number of benzene rings is 1. The van der Waals surface area contributed by atoms with Gasteiger partial charge in [0, 0.05) is 19.6 Å². The van der Waals surface area contributed by atoms with Crippen LogP contribution >= 0.6 is 0 Å². The highest BCUT2D eigenvalue weighted by molar-refractivity contribution is 5.69. The van der Waals surface area contributed by atoms with Gasteiger partial charge in [-0.05, 0) is 51.3 Å². The summed E-state index contributed by atoms with van der Waals surface area (Å²) < 4.78 is 10.7. The molecule has 0 unspecified atom stereocenters. The summed E-state index contributed by atoms with van der Waals surface area (Å²) in [7, 11) is 0. The predicted molar refractivity (Wildman–Crippen MR) is 103 cm³/mol. The van der Waals surface area contributed by atoms with Crippen molar-refractivity contribution in [2.75, 3.05) is 32.8 Å². The lowest BCUT2D eigenvalue weighted by Gasteiger charge is -2.19. The van der Waals surface area contributed by atoms with E-state index in [9.17, 15) is 4.79 Å². The van der Waals surface area contributed by atoms with E-state index in [1.165, 1.54) is 16.7 Å². The average molecular weight is 348 g/mol. The van der Waals surface area contributed by atoms with Crippen LogP contribution in [0.1, 0.15) is 38.8 Å². The van der Waals surface area contributed by atoms with E-state index < -0.39 is 11.7 Å². The molecule has 0 fully saturated rings. The zero-order chi connectivity index (χ0) is 18.7. The highest BCUT2D eigenvalue weighted by Crippen LogP contribution is 2.17. The Bertz CT molecular complexity index is 562. The molecule has 0 aliphatic heterocycles. The number of rotatable bonds is 9. The Balaban J connectivity index is 2.12. The predicted octanol–water partition coefficient (Wildman–Crippen LogP) is 3.53. The molecule has 0 aliphatic rings. The summed E-state index contributed by atoms with van der Waals surface area (Å²) >= 11 is 0. The summed E-state index contributed by atoms with van der Waals surface area (Å²) in [5.74, 6) is 0. The van der Waals surface area contributed by atoms with Gasteiger partial charge in [-0.3, -0.25) is 0 Å². The number of carbonyl (C=O) groups excluding carboxylic acids is 1. The molecule has 1 rings (SSSR count). The lowest BCUT2D eigenvalue weighted by atomic mass is 10.0. The Hall–Kier alpha value is -1.85. The van der Waals surface area contributed by atoms with E-state index in [0.29, 0.717) is 19.8 Å². The van der Waals surface area contributed by atoms with Gasteiger partial charge in [-0.1, -0.05) is 30.3 Å². The van der Waals surface area contributed by atoms with Crippen LogP contribution in [0.15, 0.2) is 30.3 Å². The fourth-order valence-electron chi connectivity index (χ4n) is 2.29. The number of aryl methyl sites for hydroxylation is 1. The van der Waals surface area contributed by atoms with E-state index in [1.807, 2.05) is 20.8 Å². The van der Waals surface area contributed by atoms with Crippen LogP contribution in [0, 0.1) is 6.92 Å². The fraction of sp³-hybridized carbons (Fsp3) is 0.550. The molecule has 0 aliphatic carbocycles. The molecule has 0 radical (unpaired) electrons. The van der Waals surface area contributed by atoms with Crippen LogP contribution in [-0.4, -0.2) is 44.5 Å². The Morgan fingerprint density at radius 2 is 1.84 bits per heavy atom. The minimum Gasteiger partial charge on any atom is -0.444 e. The molecular weight excluding hydrogens is 316 g/mol. The van der Waals surface area contributed by atoms with Crippen LogP contribution in [0.5, 0.6) is 0 Å². The topological polar surface area (TPSA) is 59.6 Å². The highest BCUT2D eigenvalue weighted by Gasteiger charge is 2.15. The minimum atomic E-state index is -0.476. The standard InChI is InChI=1S/C20H32N2O3/c1-6-17(18-10-8-7-9-16(18)2)15-21-11-13-24-14-12-22-19(23)25-20(3,4)5/h6-10,21H,11-15H2,1-5H3,(H,22,23)/b17-6-. The summed E-state index contributed by atoms with van der Waals surface area (Å²) in [4.78, 5) is 11.5. The van der Waals surface area contributed by atoms with Crippen LogP contribution < -0.4 is 10.6 Å². The number of carbonyl (C=O) groups is 1. The van der Waals surface area contributed by atoms with Gasteiger partial charge in [-0.2, -0.15) is 0 Å². The van der Waals surface area contributed by atoms with Crippen molar-refractivity contribution in [3.05, 3.63) is 41.5 Å². The second-order valence-electron chi connectivity index (χ2n) is 6.85. The molecular formula is C20H32N2O3. The molecule has 5 nitrogen and oxygen atoms in total. The van der Waals surface area contributed by atoms with Crippen molar-refractivity contribution in [2.24, 2.45) is 0 Å². The molecule has 0 heterocycles. The quantitative estimate of drug-likeness (QED) is 0.670. The molecule has 0 aromatic heterocycles. The summed E-state index contributed by atoms with van der Waals surface area (Å²) in [6, 6.07) is 8.39. The SMILES string of the molecule is C/C=C(/CNCCOCCNC(=O)OC(C)(C)C)c1ccccc1C. The highest BCUT2D eigenvalue weighted by atomic mass is 16.6. The van der Waals surface area contributed by atoms with E-state index in [0.717, 1.165) is 13.1 Å². The molecule has 140 valence electrons. The summed E-state index contributed by atoms with van der Waals surface area (Å²) in [6.07, 6.45) is 1.73. The van der Waals surface area contributed by atoms with Gasteiger partial charge < -0.3 is 20.1 Å². The molecule has 0 spiro atoms. The monoisotopic (exact) mass is 348 g/mol. The fourth-order valence-corrected chi connectivity index (χ4v) is 2.29. The Kier molecular flexibility index (Phi) is 9.24. The van der Waals surface area contributed by atoms with Crippen molar-refractivity contribution in [3.8, 4) is 0 Å². The normalized spacial score (nSPS) is 12.1. The average Bonchev–Trinajstić information content (AvgIpc) is 2.53. The zero-order valence-corrected chi connectivity index (χ0v) is 16.1. The molecule has 1 aromatic rings. The lowest BCUT2D eigenvalue weighted by molar-refractivity contribution is 0.0500. The van der Waals surface area contributed by atoms with Crippen molar-refractivity contribution in [1.29, 1.82) is 0 Å². The van der Waals surface area contributed by atoms with E-state index in [2.05, 4.69) is 54.8 Å². The van der Waals surface area contributed by atoms with E-state index in [4.69, 9.17) is 9.47 Å². The van der Waals surface area contributed by atoms with Crippen LogP contribution in [-0.2, 0) is 9.47 Å². The van der Waals surface area contributed by atoms with Gasteiger partial charge in [0.05, 0.1) is 13.2 Å². The van der Waals surface area contributed by atoms with E-state index >= 15 is 0 Å². The maximum absolute atomic E-state index is 11.5. The second-order valence-corrected chi connectivity index (χ2v) is 6.85. The van der Waals surface area contributed by atoms with Crippen molar-refractivity contribution in [1.82, 2.24) is 10.6 Å². The number of allylic oxidation sites excluding steroid dienone is 1. The largest absolute Gasteiger partial charge is 0.444 e. The number of amides is 1. The van der Waals surface area contributed by atoms with E-state index in [1.54, 1.807) is 0 Å². The first-order chi connectivity index (χ1) is 11.8. The van der Waals surface area contributed by atoms with Crippen LogP contribution in [0.4, 0.5) is 4.79 Å². The molecule has 2 N–H and O–H groups in total. The van der Waals surface area contributed by atoms with Crippen LogP contribution in [0.2, 0.25) is 0 Å². The lowest BCUT2D eigenvalue weighted by Crippen LogP contribution is -2.34. The van der Waals surface area contributed by atoms with Crippen molar-refractivity contribution in [2.45, 2.75) is 40.2 Å². The summed E-state index contributed by atoms with van der Waals surface area (Å²) in [6.45, 7) is 12.8. The first-order valence-corrected chi connectivity index (χ1v) is 8.80. The van der Waals surface area contributed by atoms with Crippen LogP contribution in [0.25, 0.3) is 5.57 Å².